The number of amides is 3. The Kier molecular flexibility index (Phi) is 6.78. The van der Waals surface area contributed by atoms with Crippen LogP contribution in [0.3, 0.4) is 0 Å². The molecule has 10 heteroatoms. The average Bonchev–Trinajstić information content (AvgIpc) is 3.26. The number of urea groups is 1. The highest BCUT2D eigenvalue weighted by Gasteiger charge is 2.39. The van der Waals surface area contributed by atoms with Gasteiger partial charge in [-0.25, -0.2) is 4.79 Å². The molecule has 2 heterocycles. The third kappa shape index (κ3) is 4.86. The van der Waals surface area contributed by atoms with E-state index in [0.717, 1.165) is 29.0 Å². The molecule has 0 aliphatic carbocycles. The van der Waals surface area contributed by atoms with Crippen molar-refractivity contribution in [1.82, 2.24) is 10.3 Å². The van der Waals surface area contributed by atoms with Crippen LogP contribution >= 0.6 is 11.8 Å². The number of aromatic nitrogens is 1. The topological polar surface area (TPSA) is 74.3 Å². The van der Waals surface area contributed by atoms with Gasteiger partial charge in [-0.1, -0.05) is 18.2 Å². The van der Waals surface area contributed by atoms with Gasteiger partial charge in [0.2, 0.25) is 0 Å². The number of alkyl halides is 3. The Balaban J connectivity index is 1.62. The van der Waals surface area contributed by atoms with Crippen molar-refractivity contribution in [3.8, 4) is 0 Å². The number of carbonyl (C=O) groups excluding carboxylic acids is 2. The quantitative estimate of drug-likeness (QED) is 0.477. The fourth-order valence-electron chi connectivity index (χ4n) is 3.87. The lowest BCUT2D eigenvalue weighted by atomic mass is 10.1. The van der Waals surface area contributed by atoms with E-state index in [1.807, 2.05) is 12.1 Å². The van der Waals surface area contributed by atoms with Crippen molar-refractivity contribution in [2.45, 2.75) is 24.0 Å². The average molecular weight is 487 g/mol. The van der Waals surface area contributed by atoms with Crippen LogP contribution in [-0.4, -0.2) is 29.7 Å². The van der Waals surface area contributed by atoms with Gasteiger partial charge in [0.25, 0.3) is 5.91 Å². The number of benzene rings is 2. The second-order valence-corrected chi connectivity index (χ2v) is 8.38. The van der Waals surface area contributed by atoms with Gasteiger partial charge in [-0.05, 0) is 54.1 Å². The monoisotopic (exact) mass is 486 g/mol. The Bertz CT molecular complexity index is 1220. The lowest BCUT2D eigenvalue weighted by Crippen LogP contribution is -2.34. The summed E-state index contributed by atoms with van der Waals surface area (Å²) in [6.45, 7) is 0.515. The van der Waals surface area contributed by atoms with Gasteiger partial charge >= 0.3 is 12.2 Å². The van der Waals surface area contributed by atoms with Crippen molar-refractivity contribution in [2.24, 2.45) is 0 Å². The SMILES string of the molecule is CSc1c(C(=O)NCc2ccncc2)ccc(NC(=O)N2CCc3ccccc32)c1C(F)(F)F. The van der Waals surface area contributed by atoms with Crippen LogP contribution in [0.2, 0.25) is 0 Å². The maximum atomic E-state index is 14.1. The first-order valence-corrected chi connectivity index (χ1v) is 11.6. The summed E-state index contributed by atoms with van der Waals surface area (Å²) >= 11 is 0.805. The Morgan fingerprint density at radius 3 is 2.53 bits per heavy atom. The molecule has 0 fully saturated rings. The Hall–Kier alpha value is -3.53. The van der Waals surface area contributed by atoms with Gasteiger partial charge in [-0.2, -0.15) is 13.2 Å². The van der Waals surface area contributed by atoms with E-state index < -0.39 is 29.4 Å². The van der Waals surface area contributed by atoms with Gasteiger partial charge in [0.1, 0.15) is 0 Å². The first-order chi connectivity index (χ1) is 16.3. The van der Waals surface area contributed by atoms with Gasteiger partial charge in [0.05, 0.1) is 16.8 Å². The number of nitrogens with zero attached hydrogens (tertiary/aromatic N) is 2. The summed E-state index contributed by atoms with van der Waals surface area (Å²) in [5, 5.41) is 5.06. The molecule has 176 valence electrons. The van der Waals surface area contributed by atoms with E-state index in [2.05, 4.69) is 15.6 Å². The molecule has 0 saturated carbocycles. The van der Waals surface area contributed by atoms with E-state index in [-0.39, 0.29) is 17.0 Å². The molecule has 34 heavy (non-hydrogen) atoms. The van der Waals surface area contributed by atoms with Crippen molar-refractivity contribution >= 4 is 35.1 Å². The molecule has 0 saturated heterocycles. The van der Waals surface area contributed by atoms with Crippen LogP contribution in [0.5, 0.6) is 0 Å². The van der Waals surface area contributed by atoms with Gasteiger partial charge < -0.3 is 10.6 Å². The zero-order valence-electron chi connectivity index (χ0n) is 18.1. The minimum atomic E-state index is -4.79. The maximum absolute atomic E-state index is 14.1. The van der Waals surface area contributed by atoms with E-state index >= 15 is 0 Å². The van der Waals surface area contributed by atoms with E-state index in [1.54, 1.807) is 36.7 Å². The summed E-state index contributed by atoms with van der Waals surface area (Å²) < 4.78 is 42.4. The number of anilines is 2. The lowest BCUT2D eigenvalue weighted by Gasteiger charge is -2.22. The molecule has 0 radical (unpaired) electrons. The maximum Gasteiger partial charge on any atom is 0.419 e. The van der Waals surface area contributed by atoms with Crippen LogP contribution < -0.4 is 15.5 Å². The molecule has 3 amide bonds. The molecule has 2 N–H and O–H groups in total. The minimum absolute atomic E-state index is 0.113. The highest BCUT2D eigenvalue weighted by Crippen LogP contribution is 2.43. The molecule has 0 bridgehead atoms. The van der Waals surface area contributed by atoms with Crippen LogP contribution in [0.1, 0.15) is 27.0 Å². The predicted octanol–water partition coefficient (Wildman–Crippen LogP) is 5.35. The van der Waals surface area contributed by atoms with E-state index in [4.69, 9.17) is 0 Å². The number of rotatable bonds is 5. The number of carbonyl (C=O) groups is 2. The first-order valence-electron chi connectivity index (χ1n) is 10.4. The largest absolute Gasteiger partial charge is 0.419 e. The molecule has 1 aliphatic heterocycles. The number of pyridine rings is 1. The number of thioether (sulfide) groups is 1. The number of fused-ring (bicyclic) bond motifs is 1. The summed E-state index contributed by atoms with van der Waals surface area (Å²) in [6, 6.07) is 12.4. The van der Waals surface area contributed by atoms with Crippen LogP contribution in [0.15, 0.2) is 65.8 Å². The fraction of sp³-hybridized carbons (Fsp3) is 0.208. The standard InChI is InChI=1S/C24H21F3N4O2S/c1-34-21-17(22(32)29-14-15-8-11-28-12-9-15)6-7-18(20(21)24(25,26)27)30-23(33)31-13-10-16-4-2-3-5-19(16)31/h2-9,11-12H,10,13-14H2,1H3,(H,29,32)(H,30,33). The van der Waals surface area contributed by atoms with Crippen molar-refractivity contribution < 1.29 is 22.8 Å². The number of halogens is 3. The van der Waals surface area contributed by atoms with Crippen molar-refractivity contribution in [2.75, 3.05) is 23.0 Å². The Morgan fingerprint density at radius 1 is 1.09 bits per heavy atom. The predicted molar refractivity (Wildman–Crippen MR) is 125 cm³/mol. The summed E-state index contributed by atoms with van der Waals surface area (Å²) in [4.78, 5) is 30.7. The molecular weight excluding hydrogens is 465 g/mol. The van der Waals surface area contributed by atoms with E-state index in [1.165, 1.54) is 17.2 Å². The number of para-hydroxylation sites is 1. The van der Waals surface area contributed by atoms with Gasteiger partial charge in [-0.15, -0.1) is 11.8 Å². The summed E-state index contributed by atoms with van der Waals surface area (Å²) in [5.74, 6) is -0.641. The number of hydrogen-bond donors (Lipinski definition) is 2. The summed E-state index contributed by atoms with van der Waals surface area (Å²) in [6.07, 6.45) is 0.430. The highest BCUT2D eigenvalue weighted by molar-refractivity contribution is 7.98. The van der Waals surface area contributed by atoms with Crippen LogP contribution in [0.25, 0.3) is 0 Å². The molecule has 0 unspecified atom stereocenters. The zero-order chi connectivity index (χ0) is 24.3. The summed E-state index contributed by atoms with van der Waals surface area (Å²) in [7, 11) is 0. The normalized spacial score (nSPS) is 12.9. The second-order valence-electron chi connectivity index (χ2n) is 7.57. The summed E-state index contributed by atoms with van der Waals surface area (Å²) in [5.41, 5.74) is 0.845. The third-order valence-corrected chi connectivity index (χ3v) is 6.30. The second kappa shape index (κ2) is 9.76. The molecule has 0 spiro atoms. The Labute approximate surface area is 198 Å². The van der Waals surface area contributed by atoms with Crippen LogP contribution in [-0.2, 0) is 19.1 Å². The van der Waals surface area contributed by atoms with Gasteiger partial charge in [0, 0.05) is 36.1 Å². The number of nitrogens with one attached hydrogen (secondary N) is 2. The van der Waals surface area contributed by atoms with Crippen LogP contribution in [0, 0.1) is 0 Å². The van der Waals surface area contributed by atoms with Gasteiger partial charge in [0.15, 0.2) is 0 Å². The number of hydrogen-bond acceptors (Lipinski definition) is 4. The van der Waals surface area contributed by atoms with Crippen LogP contribution in [0.4, 0.5) is 29.3 Å². The van der Waals surface area contributed by atoms with Crippen molar-refractivity contribution in [1.29, 1.82) is 0 Å². The van der Waals surface area contributed by atoms with E-state index in [0.29, 0.717) is 18.7 Å². The fourth-order valence-corrected chi connectivity index (χ4v) is 4.68. The third-order valence-electron chi connectivity index (χ3n) is 5.47. The molecule has 2 aromatic carbocycles. The smallest absolute Gasteiger partial charge is 0.348 e. The lowest BCUT2D eigenvalue weighted by molar-refractivity contribution is -0.139. The molecule has 1 aliphatic rings. The van der Waals surface area contributed by atoms with Gasteiger partial charge in [-0.3, -0.25) is 14.7 Å². The molecule has 6 nitrogen and oxygen atoms in total. The highest BCUT2D eigenvalue weighted by atomic mass is 32.2. The molecule has 4 rings (SSSR count). The zero-order valence-corrected chi connectivity index (χ0v) is 19.0. The molecule has 3 aromatic rings. The molecular formula is C24H21F3N4O2S. The molecule has 1 aromatic heterocycles. The first kappa shape index (κ1) is 23.6. The molecule has 0 atom stereocenters. The van der Waals surface area contributed by atoms with E-state index in [9.17, 15) is 22.8 Å². The Morgan fingerprint density at radius 2 is 1.82 bits per heavy atom. The minimum Gasteiger partial charge on any atom is -0.348 e. The van der Waals surface area contributed by atoms with Crippen molar-refractivity contribution in [3.05, 3.63) is 83.2 Å². The van der Waals surface area contributed by atoms with Crippen molar-refractivity contribution in [3.63, 3.8) is 0 Å².